The molecular formula is C19H16BrN3O3S. The van der Waals surface area contributed by atoms with Crippen LogP contribution in [-0.2, 0) is 22.4 Å². The standard InChI is InChI=1S/C19H16BrN3O3S/c20-15-9-21-19(27-15)23-16(24)10-26-18(25)17-11-5-1-3-7-13(11)22-14-8-4-2-6-12(14)17/h1,3,5,7,9H,2,4,6,8,10H2,(H,21,23,24). The number of nitrogens with zero attached hydrogens (tertiary/aromatic N) is 2. The highest BCUT2D eigenvalue weighted by Gasteiger charge is 2.24. The van der Waals surface area contributed by atoms with Crippen molar-refractivity contribution in [3.63, 3.8) is 0 Å². The molecule has 2 aromatic heterocycles. The summed E-state index contributed by atoms with van der Waals surface area (Å²) in [5.41, 5.74) is 3.24. The normalized spacial score (nSPS) is 13.2. The summed E-state index contributed by atoms with van der Waals surface area (Å²) in [5, 5.41) is 3.84. The third-order valence-electron chi connectivity index (χ3n) is 4.43. The predicted octanol–water partition coefficient (Wildman–Crippen LogP) is 4.13. The summed E-state index contributed by atoms with van der Waals surface area (Å²) in [6, 6.07) is 7.55. The van der Waals surface area contributed by atoms with Crippen LogP contribution < -0.4 is 5.32 Å². The van der Waals surface area contributed by atoms with Gasteiger partial charge >= 0.3 is 5.97 Å². The van der Waals surface area contributed by atoms with Crippen LogP contribution in [0.25, 0.3) is 10.9 Å². The van der Waals surface area contributed by atoms with E-state index in [1.54, 1.807) is 6.20 Å². The van der Waals surface area contributed by atoms with Crippen molar-refractivity contribution in [3.05, 3.63) is 51.1 Å². The minimum absolute atomic E-state index is 0.360. The molecule has 0 saturated heterocycles. The Bertz CT molecular complexity index is 1030. The fraction of sp³-hybridized carbons (Fsp3) is 0.263. The van der Waals surface area contributed by atoms with Crippen LogP contribution in [0.1, 0.15) is 34.5 Å². The number of nitrogens with one attached hydrogen (secondary N) is 1. The molecule has 0 unspecified atom stereocenters. The Hall–Kier alpha value is -2.32. The van der Waals surface area contributed by atoms with E-state index in [2.05, 4.69) is 26.2 Å². The van der Waals surface area contributed by atoms with E-state index in [4.69, 9.17) is 9.72 Å². The molecule has 0 aliphatic heterocycles. The second-order valence-corrected chi connectivity index (χ2v) is 8.64. The van der Waals surface area contributed by atoms with Gasteiger partial charge in [0.1, 0.15) is 0 Å². The lowest BCUT2D eigenvalue weighted by Crippen LogP contribution is -2.22. The van der Waals surface area contributed by atoms with Gasteiger partial charge in [-0.05, 0) is 53.2 Å². The second-order valence-electron chi connectivity index (χ2n) is 6.23. The molecule has 0 fully saturated rings. The van der Waals surface area contributed by atoms with E-state index >= 15 is 0 Å². The Morgan fingerprint density at radius 1 is 1.22 bits per heavy atom. The van der Waals surface area contributed by atoms with Crippen LogP contribution in [-0.4, -0.2) is 28.5 Å². The first-order valence-corrected chi connectivity index (χ1v) is 10.2. The molecule has 0 atom stereocenters. The summed E-state index contributed by atoms with van der Waals surface area (Å²) in [5.74, 6) is -0.903. The SMILES string of the molecule is O=C(COC(=O)c1c2c(nc3ccccc13)CCCC2)Nc1ncc(Br)s1. The molecule has 0 spiro atoms. The highest BCUT2D eigenvalue weighted by atomic mass is 79.9. The molecule has 3 aromatic rings. The van der Waals surface area contributed by atoms with E-state index < -0.39 is 11.9 Å². The fourth-order valence-electron chi connectivity index (χ4n) is 3.28. The predicted molar refractivity (Wildman–Crippen MR) is 107 cm³/mol. The number of hydrogen-bond donors (Lipinski definition) is 1. The Morgan fingerprint density at radius 3 is 2.85 bits per heavy atom. The number of benzene rings is 1. The number of hydrogen-bond acceptors (Lipinski definition) is 6. The first-order valence-electron chi connectivity index (χ1n) is 8.60. The van der Waals surface area contributed by atoms with Crippen LogP contribution in [0, 0.1) is 0 Å². The number of thiazole rings is 1. The minimum Gasteiger partial charge on any atom is -0.452 e. The van der Waals surface area contributed by atoms with Gasteiger partial charge in [-0.25, -0.2) is 9.78 Å². The monoisotopic (exact) mass is 445 g/mol. The van der Waals surface area contributed by atoms with Crippen molar-refractivity contribution in [3.8, 4) is 0 Å². The zero-order valence-electron chi connectivity index (χ0n) is 14.3. The zero-order valence-corrected chi connectivity index (χ0v) is 16.7. The van der Waals surface area contributed by atoms with Gasteiger partial charge in [0.25, 0.3) is 5.91 Å². The number of rotatable bonds is 4. The third-order valence-corrected chi connectivity index (χ3v) is 5.82. The van der Waals surface area contributed by atoms with E-state index in [0.717, 1.165) is 51.6 Å². The lowest BCUT2D eigenvalue weighted by Gasteiger charge is -2.19. The van der Waals surface area contributed by atoms with Crippen LogP contribution >= 0.6 is 27.3 Å². The number of halogens is 1. The summed E-state index contributed by atoms with van der Waals surface area (Å²) in [4.78, 5) is 33.6. The molecule has 1 aliphatic rings. The first-order chi connectivity index (χ1) is 13.1. The average Bonchev–Trinajstić information content (AvgIpc) is 3.08. The molecule has 0 radical (unpaired) electrons. The maximum atomic E-state index is 12.8. The number of carbonyl (C=O) groups is 2. The van der Waals surface area contributed by atoms with Gasteiger partial charge in [-0.2, -0.15) is 0 Å². The quantitative estimate of drug-likeness (QED) is 0.610. The smallest absolute Gasteiger partial charge is 0.339 e. The number of pyridine rings is 1. The lowest BCUT2D eigenvalue weighted by atomic mass is 9.90. The molecule has 0 saturated carbocycles. The molecule has 1 amide bonds. The Morgan fingerprint density at radius 2 is 2.04 bits per heavy atom. The first kappa shape index (κ1) is 18.1. The highest BCUT2D eigenvalue weighted by Crippen LogP contribution is 2.30. The van der Waals surface area contributed by atoms with Crippen molar-refractivity contribution in [1.29, 1.82) is 0 Å². The molecule has 6 nitrogen and oxygen atoms in total. The minimum atomic E-state index is -0.484. The van der Waals surface area contributed by atoms with Crippen molar-refractivity contribution in [1.82, 2.24) is 9.97 Å². The van der Waals surface area contributed by atoms with Crippen molar-refractivity contribution in [2.75, 3.05) is 11.9 Å². The summed E-state index contributed by atoms with van der Waals surface area (Å²) in [6.45, 7) is -0.360. The molecule has 1 aromatic carbocycles. The van der Waals surface area contributed by atoms with Gasteiger partial charge in [0.05, 0.1) is 21.1 Å². The summed E-state index contributed by atoms with van der Waals surface area (Å²) < 4.78 is 6.14. The number of fused-ring (bicyclic) bond motifs is 2. The lowest BCUT2D eigenvalue weighted by molar-refractivity contribution is -0.119. The van der Waals surface area contributed by atoms with Gasteiger partial charge in [-0.15, -0.1) is 0 Å². The zero-order chi connectivity index (χ0) is 18.8. The van der Waals surface area contributed by atoms with Crippen molar-refractivity contribution in [2.24, 2.45) is 0 Å². The number of ether oxygens (including phenoxy) is 1. The fourth-order valence-corrected chi connectivity index (χ4v) is 4.40. The maximum Gasteiger partial charge on any atom is 0.339 e. The number of esters is 1. The van der Waals surface area contributed by atoms with E-state index in [1.165, 1.54) is 11.3 Å². The van der Waals surface area contributed by atoms with Gasteiger partial charge in [0.15, 0.2) is 11.7 Å². The number of amides is 1. The summed E-state index contributed by atoms with van der Waals surface area (Å²) >= 11 is 4.58. The number of carbonyl (C=O) groups excluding carboxylic acids is 2. The molecule has 1 N–H and O–H groups in total. The molecule has 1 aliphatic carbocycles. The summed E-state index contributed by atoms with van der Waals surface area (Å²) in [7, 11) is 0. The van der Waals surface area contributed by atoms with Gasteiger partial charge < -0.3 is 4.74 Å². The highest BCUT2D eigenvalue weighted by molar-refractivity contribution is 9.11. The van der Waals surface area contributed by atoms with Gasteiger partial charge in [-0.3, -0.25) is 15.1 Å². The summed E-state index contributed by atoms with van der Waals surface area (Å²) in [6.07, 6.45) is 5.35. The van der Waals surface area contributed by atoms with E-state index in [1.807, 2.05) is 24.3 Å². The van der Waals surface area contributed by atoms with Crippen LogP contribution in [0.4, 0.5) is 5.13 Å². The maximum absolute atomic E-state index is 12.8. The second kappa shape index (κ2) is 7.74. The number of para-hydroxylation sites is 1. The molecule has 2 heterocycles. The van der Waals surface area contributed by atoms with Crippen LogP contribution in [0.3, 0.4) is 0 Å². The number of aryl methyl sites for hydroxylation is 1. The molecule has 4 rings (SSSR count). The molecule has 138 valence electrons. The number of anilines is 1. The van der Waals surface area contributed by atoms with E-state index in [0.29, 0.717) is 10.7 Å². The van der Waals surface area contributed by atoms with Crippen molar-refractivity contribution >= 4 is 55.2 Å². The van der Waals surface area contributed by atoms with Crippen LogP contribution in [0.2, 0.25) is 0 Å². The largest absolute Gasteiger partial charge is 0.452 e. The van der Waals surface area contributed by atoms with Crippen molar-refractivity contribution < 1.29 is 14.3 Å². The molecular weight excluding hydrogens is 430 g/mol. The Labute approximate surface area is 168 Å². The topological polar surface area (TPSA) is 81.2 Å². The number of aromatic nitrogens is 2. The van der Waals surface area contributed by atoms with Gasteiger partial charge in [0, 0.05) is 11.1 Å². The van der Waals surface area contributed by atoms with Gasteiger partial charge in [-0.1, -0.05) is 29.5 Å². The Kier molecular flexibility index (Phi) is 5.18. The molecule has 8 heteroatoms. The average molecular weight is 446 g/mol. The Balaban J connectivity index is 1.56. The van der Waals surface area contributed by atoms with Crippen LogP contribution in [0.15, 0.2) is 34.2 Å². The van der Waals surface area contributed by atoms with Crippen molar-refractivity contribution in [2.45, 2.75) is 25.7 Å². The third kappa shape index (κ3) is 3.86. The van der Waals surface area contributed by atoms with Crippen LogP contribution in [0.5, 0.6) is 0 Å². The molecule has 27 heavy (non-hydrogen) atoms. The van der Waals surface area contributed by atoms with Gasteiger partial charge in [0.2, 0.25) is 0 Å². The van der Waals surface area contributed by atoms with E-state index in [-0.39, 0.29) is 6.61 Å². The molecule has 0 bridgehead atoms. The van der Waals surface area contributed by atoms with E-state index in [9.17, 15) is 9.59 Å².